The molecule has 2 N–H and O–H groups in total. The van der Waals surface area contributed by atoms with Crippen molar-refractivity contribution in [3.05, 3.63) is 23.2 Å². The molecule has 2 heterocycles. The molecule has 2 aliphatic heterocycles. The van der Waals surface area contributed by atoms with E-state index in [-0.39, 0.29) is 29.5 Å². The van der Waals surface area contributed by atoms with Crippen molar-refractivity contribution < 1.29 is 38.2 Å². The maximum absolute atomic E-state index is 13.5. The molecule has 3 rings (SSSR count). The zero-order valence-electron chi connectivity index (χ0n) is 32.7. The van der Waals surface area contributed by atoms with Crippen molar-refractivity contribution in [1.82, 2.24) is 4.90 Å². The molecule has 1 aromatic carbocycles. The van der Waals surface area contributed by atoms with Crippen molar-refractivity contribution in [2.24, 2.45) is 23.4 Å². The number of piperidine rings is 1. The van der Waals surface area contributed by atoms with Gasteiger partial charge in [-0.25, -0.2) is 0 Å². The van der Waals surface area contributed by atoms with Gasteiger partial charge in [-0.1, -0.05) is 27.6 Å². The summed E-state index contributed by atoms with van der Waals surface area (Å²) in [5.41, 5.74) is 1.90. The van der Waals surface area contributed by atoms with E-state index in [2.05, 4.69) is 0 Å². The summed E-state index contributed by atoms with van der Waals surface area (Å²) in [7, 11) is 2.35. The molecule has 6 heteroatoms. The first-order valence-electron chi connectivity index (χ1n) is 17.1. The Morgan fingerprint density at radius 2 is 2.13 bits per heavy atom. The second-order valence-corrected chi connectivity index (χ2v) is 8.01. The van der Waals surface area contributed by atoms with Gasteiger partial charge in [0.25, 0.3) is 0 Å². The smallest absolute Gasteiger partial charge is 0.323 e. The van der Waals surface area contributed by atoms with Gasteiger partial charge >= 0.3 is 5.97 Å². The molecule has 0 amide bonds. The topological polar surface area (TPSA) is 74.0 Å². The molecular formula is C25H40N2O4. The van der Waals surface area contributed by atoms with Crippen molar-refractivity contribution in [3.63, 3.8) is 0 Å². The molecule has 0 bridgehead atoms. The van der Waals surface area contributed by atoms with Gasteiger partial charge in [0, 0.05) is 46.4 Å². The minimum absolute atomic E-state index is 0.0931. The van der Waals surface area contributed by atoms with E-state index in [1.54, 1.807) is 0 Å². The molecular weight excluding hydrogens is 392 g/mol. The van der Waals surface area contributed by atoms with Crippen LogP contribution in [0.25, 0.3) is 0 Å². The highest BCUT2D eigenvalue weighted by Crippen LogP contribution is 2.48. The standard InChI is InChI=1S/C25H40N2O4/c1-15(2)10-18-14-27-9-8-17-11-21(29-6)22(30-7)12-19(17)20(27)13-25(18,5)31-24(28)23(26)16(3)4/h11-12,15-16,18,20,23H,8-10,13-14,26H2,1-7H3/t18?,20?,23-,25?/m0/s1/i1D3,10D2,11D,12D,13D2,14D2,15D,18D,20D/t15?,18?,20?,23-,25?. The summed E-state index contributed by atoms with van der Waals surface area (Å²) in [4.78, 5) is 13.9. The number of fused-ring (bicyclic) bond motifs is 3. The Kier molecular flexibility index (Phi) is 3.44. The van der Waals surface area contributed by atoms with Crippen LogP contribution in [0.5, 0.6) is 11.5 Å². The molecule has 2 aliphatic rings. The Hall–Kier alpha value is -1.79. The minimum atomic E-state index is -3.84. The van der Waals surface area contributed by atoms with E-state index in [1.807, 2.05) is 0 Å². The zero-order chi connectivity index (χ0) is 35.3. The summed E-state index contributed by atoms with van der Waals surface area (Å²) >= 11 is 0. The van der Waals surface area contributed by atoms with E-state index in [0.717, 1.165) is 7.11 Å². The van der Waals surface area contributed by atoms with Crippen LogP contribution in [0, 0.1) is 17.7 Å². The summed E-state index contributed by atoms with van der Waals surface area (Å²) in [5.74, 6) is -9.73. The van der Waals surface area contributed by atoms with Crippen LogP contribution in [-0.2, 0) is 16.0 Å². The number of methoxy groups -OCH3 is 2. The number of nitrogens with zero attached hydrogens (tertiary/aromatic N) is 1. The van der Waals surface area contributed by atoms with Crippen LogP contribution in [0.4, 0.5) is 0 Å². The van der Waals surface area contributed by atoms with Crippen LogP contribution in [0.15, 0.2) is 12.1 Å². The van der Waals surface area contributed by atoms with Crippen molar-refractivity contribution >= 4 is 5.97 Å². The number of benzene rings is 1. The number of carbonyl (C=O) groups excluding carboxylic acids is 1. The SMILES string of the molecule is [2H]c1c2c(c([2H])c(OC)c1OC)C1([2H])N(CC2)C([2H])([2H])C([2H])(C([2H])([2H])C([2H])(C)C([2H])([2H])[2H])C(C)(OC(=O)[C@@H](N)C(C)C)C1([2H])[2H]. The number of hydrogen-bond acceptors (Lipinski definition) is 6. The first-order valence-corrected chi connectivity index (χ1v) is 10.1. The third-order valence-electron chi connectivity index (χ3n) is 5.20. The average molecular weight is 447 g/mol. The van der Waals surface area contributed by atoms with Crippen LogP contribution in [0.3, 0.4) is 0 Å². The highest BCUT2D eigenvalue weighted by atomic mass is 16.6. The number of rotatable bonds is 7. The highest BCUT2D eigenvalue weighted by Gasteiger charge is 2.49. The first kappa shape index (κ1) is 11.4. The average Bonchev–Trinajstić information content (AvgIpc) is 2.91. The largest absolute Gasteiger partial charge is 0.493 e. The number of hydrogen-bond donors (Lipinski definition) is 1. The Morgan fingerprint density at radius 1 is 1.45 bits per heavy atom. The van der Waals surface area contributed by atoms with Gasteiger partial charge in [0.1, 0.15) is 11.6 Å². The lowest BCUT2D eigenvalue weighted by molar-refractivity contribution is -0.179. The Balaban J connectivity index is 2.61. The van der Waals surface area contributed by atoms with Gasteiger partial charge in [-0.2, -0.15) is 0 Å². The van der Waals surface area contributed by atoms with Crippen LogP contribution < -0.4 is 15.2 Å². The van der Waals surface area contributed by atoms with E-state index >= 15 is 0 Å². The molecule has 5 atom stereocenters. The predicted molar refractivity (Wildman–Crippen MR) is 122 cm³/mol. The third-order valence-corrected chi connectivity index (χ3v) is 5.20. The van der Waals surface area contributed by atoms with Crippen molar-refractivity contribution in [2.75, 3.05) is 27.3 Å². The van der Waals surface area contributed by atoms with Crippen molar-refractivity contribution in [3.8, 4) is 11.5 Å². The van der Waals surface area contributed by atoms with E-state index in [4.69, 9.17) is 30.9 Å². The molecule has 4 unspecified atom stereocenters. The summed E-state index contributed by atoms with van der Waals surface area (Å²) in [6.45, 7) is -3.40. The van der Waals surface area contributed by atoms with Gasteiger partial charge in [-0.05, 0) is 54.7 Å². The Labute approximate surface area is 207 Å². The Morgan fingerprint density at radius 3 is 2.74 bits per heavy atom. The van der Waals surface area contributed by atoms with Crippen LogP contribution in [0.1, 0.15) is 83.6 Å². The van der Waals surface area contributed by atoms with E-state index < -0.39 is 85.6 Å². The molecule has 31 heavy (non-hydrogen) atoms. The second-order valence-electron chi connectivity index (χ2n) is 8.01. The van der Waals surface area contributed by atoms with Crippen molar-refractivity contribution in [1.29, 1.82) is 0 Å². The fourth-order valence-electron chi connectivity index (χ4n) is 3.37. The molecule has 0 aliphatic carbocycles. The number of ether oxygens (including phenoxy) is 3. The van der Waals surface area contributed by atoms with Crippen molar-refractivity contribution in [2.45, 2.75) is 71.4 Å². The highest BCUT2D eigenvalue weighted by molar-refractivity contribution is 5.76. The van der Waals surface area contributed by atoms with Gasteiger partial charge < -0.3 is 19.9 Å². The molecule has 0 saturated carbocycles. The van der Waals surface area contributed by atoms with Gasteiger partial charge in [0.2, 0.25) is 0 Å². The predicted octanol–water partition coefficient (Wildman–Crippen LogP) is 3.95. The fraction of sp³-hybridized carbons (Fsp3) is 0.720. The molecule has 1 fully saturated rings. The summed E-state index contributed by atoms with van der Waals surface area (Å²) in [5, 5.41) is 0. The number of nitrogens with two attached hydrogens (primary N) is 1. The quantitative estimate of drug-likeness (QED) is 0.639. The van der Waals surface area contributed by atoms with Gasteiger partial charge in [-0.3, -0.25) is 9.69 Å². The van der Waals surface area contributed by atoms with Crippen LogP contribution >= 0.6 is 0 Å². The maximum atomic E-state index is 13.5. The van der Waals surface area contributed by atoms with E-state index in [1.165, 1.54) is 21.0 Å². The van der Waals surface area contributed by atoms with Crippen LogP contribution in [-0.4, -0.2) is 49.8 Å². The van der Waals surface area contributed by atoms with Gasteiger partial charge in [0.15, 0.2) is 11.5 Å². The molecule has 1 saturated heterocycles. The van der Waals surface area contributed by atoms with E-state index in [9.17, 15) is 13.0 Å². The minimum Gasteiger partial charge on any atom is -0.493 e. The summed E-state index contributed by atoms with van der Waals surface area (Å²) in [6, 6.07) is -5.69. The lowest BCUT2D eigenvalue weighted by Crippen LogP contribution is -2.56. The number of esters is 1. The molecule has 174 valence electrons. The van der Waals surface area contributed by atoms with Crippen LogP contribution in [0.2, 0.25) is 0 Å². The molecule has 0 radical (unpaired) electrons. The molecule has 1 aromatic rings. The molecule has 0 spiro atoms. The Bertz CT molecular complexity index is 1370. The van der Waals surface area contributed by atoms with Gasteiger partial charge in [0.05, 0.1) is 18.3 Å². The van der Waals surface area contributed by atoms with Gasteiger partial charge in [-0.15, -0.1) is 0 Å². The summed E-state index contributed by atoms with van der Waals surface area (Å²) < 4.78 is 141. The summed E-state index contributed by atoms with van der Waals surface area (Å²) in [6.07, 6.45) is -7.72. The molecule has 0 aromatic heterocycles. The van der Waals surface area contributed by atoms with E-state index in [0.29, 0.717) is 18.7 Å². The second kappa shape index (κ2) is 9.37. The normalized spacial score (nSPS) is 44.3. The number of carbonyl (C=O) groups is 1. The zero-order valence-corrected chi connectivity index (χ0v) is 18.7. The fourth-order valence-corrected chi connectivity index (χ4v) is 3.37. The lowest BCUT2D eigenvalue weighted by Gasteiger charge is -2.52. The molecule has 6 nitrogen and oxygen atoms in total. The third kappa shape index (κ3) is 4.85. The maximum Gasteiger partial charge on any atom is 0.323 e. The lowest BCUT2D eigenvalue weighted by atomic mass is 9.72. The first-order chi connectivity index (χ1) is 20.1. The monoisotopic (exact) mass is 446 g/mol.